The molecule has 0 radical (unpaired) electrons. The molecule has 0 saturated carbocycles. The summed E-state index contributed by atoms with van der Waals surface area (Å²) in [6.07, 6.45) is -5.14. The van der Waals surface area contributed by atoms with E-state index in [4.69, 9.17) is 5.73 Å². The van der Waals surface area contributed by atoms with Crippen molar-refractivity contribution in [2.75, 3.05) is 13.7 Å². The summed E-state index contributed by atoms with van der Waals surface area (Å²) in [7, 11) is 0.983. The number of carbonyl (C=O) groups excluding carboxylic acids is 1. The average Bonchev–Trinajstić information content (AvgIpc) is 2.17. The Morgan fingerprint density at radius 2 is 2.00 bits per heavy atom. The number of hydrogen-bond donors (Lipinski definition) is 1. The third kappa shape index (κ3) is 4.80. The predicted molar refractivity (Wildman–Crippen MR) is 50.7 cm³/mol. The molecule has 0 aliphatic rings. The smallest absolute Gasteiger partial charge is 0.406 e. The van der Waals surface area contributed by atoms with Gasteiger partial charge in [-0.15, -0.1) is 0 Å². The molecular formula is C9H16F3NO3. The Hall–Kier alpha value is -0.820. The second-order valence-electron chi connectivity index (χ2n) is 3.24. The SMILES string of the molecule is CCCCOC(=O)[C@H](OC)[C@@H](N)C(F)(F)F. The predicted octanol–water partition coefficient (Wildman–Crippen LogP) is 1.23. The van der Waals surface area contributed by atoms with E-state index < -0.39 is 24.3 Å². The summed E-state index contributed by atoms with van der Waals surface area (Å²) in [6, 6.07) is -2.37. The van der Waals surface area contributed by atoms with Gasteiger partial charge >= 0.3 is 12.1 Å². The Labute approximate surface area is 91.9 Å². The summed E-state index contributed by atoms with van der Waals surface area (Å²) in [4.78, 5) is 11.2. The molecule has 0 aromatic rings. The summed E-state index contributed by atoms with van der Waals surface area (Å²) in [5.74, 6) is -1.08. The van der Waals surface area contributed by atoms with Crippen LogP contribution in [0.1, 0.15) is 19.8 Å². The molecule has 16 heavy (non-hydrogen) atoms. The zero-order chi connectivity index (χ0) is 12.8. The lowest BCUT2D eigenvalue weighted by Gasteiger charge is -2.22. The number of nitrogens with two attached hydrogens (primary N) is 1. The minimum atomic E-state index is -4.69. The average molecular weight is 243 g/mol. The van der Waals surface area contributed by atoms with Gasteiger partial charge in [0.1, 0.15) is 6.04 Å². The summed E-state index contributed by atoms with van der Waals surface area (Å²) in [5.41, 5.74) is 4.86. The molecule has 96 valence electrons. The van der Waals surface area contributed by atoms with Crippen LogP contribution in [0.15, 0.2) is 0 Å². The van der Waals surface area contributed by atoms with E-state index in [1.165, 1.54) is 0 Å². The number of halogens is 3. The Kier molecular flexibility index (Phi) is 6.35. The van der Waals surface area contributed by atoms with Crippen LogP contribution >= 0.6 is 0 Å². The lowest BCUT2D eigenvalue weighted by molar-refractivity contribution is -0.189. The first-order chi connectivity index (χ1) is 7.34. The number of unbranched alkanes of at least 4 members (excludes halogenated alkanes) is 1. The first-order valence-electron chi connectivity index (χ1n) is 4.86. The van der Waals surface area contributed by atoms with Gasteiger partial charge in [0.25, 0.3) is 0 Å². The lowest BCUT2D eigenvalue weighted by atomic mass is 10.1. The Morgan fingerprint density at radius 3 is 2.38 bits per heavy atom. The van der Waals surface area contributed by atoms with E-state index in [-0.39, 0.29) is 6.61 Å². The molecule has 4 nitrogen and oxygen atoms in total. The number of methoxy groups -OCH3 is 1. The molecule has 0 unspecified atom stereocenters. The van der Waals surface area contributed by atoms with Crippen molar-refractivity contribution >= 4 is 5.97 Å². The van der Waals surface area contributed by atoms with Crippen LogP contribution < -0.4 is 5.73 Å². The van der Waals surface area contributed by atoms with Crippen molar-refractivity contribution in [1.29, 1.82) is 0 Å². The Balaban J connectivity index is 4.32. The van der Waals surface area contributed by atoms with Gasteiger partial charge in [-0.25, -0.2) is 4.79 Å². The quantitative estimate of drug-likeness (QED) is 0.563. The number of rotatable bonds is 6. The van der Waals surface area contributed by atoms with Gasteiger partial charge < -0.3 is 15.2 Å². The largest absolute Gasteiger partial charge is 0.464 e. The van der Waals surface area contributed by atoms with Crippen molar-refractivity contribution in [3.05, 3.63) is 0 Å². The van der Waals surface area contributed by atoms with E-state index in [2.05, 4.69) is 9.47 Å². The van der Waals surface area contributed by atoms with Crippen molar-refractivity contribution in [2.45, 2.75) is 38.1 Å². The Morgan fingerprint density at radius 1 is 1.44 bits per heavy atom. The zero-order valence-electron chi connectivity index (χ0n) is 9.21. The molecule has 0 aliphatic heterocycles. The number of alkyl halides is 3. The number of ether oxygens (including phenoxy) is 2. The molecule has 7 heteroatoms. The molecule has 2 N–H and O–H groups in total. The van der Waals surface area contributed by atoms with Gasteiger partial charge in [-0.3, -0.25) is 0 Å². The van der Waals surface area contributed by atoms with Crippen LogP contribution in [0.25, 0.3) is 0 Å². The first kappa shape index (κ1) is 15.2. The van der Waals surface area contributed by atoms with Gasteiger partial charge in [0.05, 0.1) is 6.61 Å². The van der Waals surface area contributed by atoms with Crippen LogP contribution in [0, 0.1) is 0 Å². The van der Waals surface area contributed by atoms with E-state index >= 15 is 0 Å². The minimum absolute atomic E-state index is 0.0692. The van der Waals surface area contributed by atoms with Crippen molar-refractivity contribution < 1.29 is 27.4 Å². The zero-order valence-corrected chi connectivity index (χ0v) is 9.21. The van der Waals surface area contributed by atoms with Gasteiger partial charge in [-0.1, -0.05) is 13.3 Å². The molecule has 0 rings (SSSR count). The first-order valence-corrected chi connectivity index (χ1v) is 4.86. The highest BCUT2D eigenvalue weighted by atomic mass is 19.4. The normalized spacial score (nSPS) is 15.6. The minimum Gasteiger partial charge on any atom is -0.464 e. The fraction of sp³-hybridized carbons (Fsp3) is 0.889. The Bertz CT molecular complexity index is 221. The van der Waals surface area contributed by atoms with Crippen LogP contribution in [-0.4, -0.2) is 38.0 Å². The summed E-state index contributed by atoms with van der Waals surface area (Å²) in [6.45, 7) is 1.93. The van der Waals surface area contributed by atoms with E-state index in [0.29, 0.717) is 6.42 Å². The third-order valence-corrected chi connectivity index (χ3v) is 1.93. The van der Waals surface area contributed by atoms with Gasteiger partial charge in [-0.2, -0.15) is 13.2 Å². The molecule has 0 heterocycles. The maximum Gasteiger partial charge on any atom is 0.406 e. The van der Waals surface area contributed by atoms with Gasteiger partial charge in [0.15, 0.2) is 6.10 Å². The topological polar surface area (TPSA) is 61.5 Å². The molecule has 0 aliphatic carbocycles. The summed E-state index contributed by atoms with van der Waals surface area (Å²) >= 11 is 0. The van der Waals surface area contributed by atoms with Crippen LogP contribution in [0.5, 0.6) is 0 Å². The molecule has 0 saturated heterocycles. The molecule has 0 bridgehead atoms. The van der Waals surface area contributed by atoms with Crippen molar-refractivity contribution in [1.82, 2.24) is 0 Å². The third-order valence-electron chi connectivity index (χ3n) is 1.93. The highest BCUT2D eigenvalue weighted by Gasteiger charge is 2.46. The highest BCUT2D eigenvalue weighted by Crippen LogP contribution is 2.22. The maximum absolute atomic E-state index is 12.2. The summed E-state index contributed by atoms with van der Waals surface area (Å²) < 4.78 is 45.7. The van der Waals surface area contributed by atoms with Crippen molar-refractivity contribution in [2.24, 2.45) is 5.73 Å². The number of esters is 1. The van der Waals surface area contributed by atoms with Gasteiger partial charge in [-0.05, 0) is 6.42 Å². The van der Waals surface area contributed by atoms with Gasteiger partial charge in [0, 0.05) is 7.11 Å². The molecule has 0 amide bonds. The monoisotopic (exact) mass is 243 g/mol. The van der Waals surface area contributed by atoms with Gasteiger partial charge in [0.2, 0.25) is 0 Å². The number of carbonyl (C=O) groups is 1. The van der Waals surface area contributed by atoms with Crippen LogP contribution in [0.2, 0.25) is 0 Å². The van der Waals surface area contributed by atoms with Crippen LogP contribution in [-0.2, 0) is 14.3 Å². The fourth-order valence-corrected chi connectivity index (χ4v) is 0.960. The van der Waals surface area contributed by atoms with E-state index in [1.54, 1.807) is 0 Å². The molecule has 0 aromatic heterocycles. The molecule has 0 fully saturated rings. The fourth-order valence-electron chi connectivity index (χ4n) is 0.960. The molecule has 0 spiro atoms. The van der Waals surface area contributed by atoms with Crippen molar-refractivity contribution in [3.63, 3.8) is 0 Å². The molecule has 0 aromatic carbocycles. The van der Waals surface area contributed by atoms with Crippen LogP contribution in [0.4, 0.5) is 13.2 Å². The second kappa shape index (κ2) is 6.70. The summed E-state index contributed by atoms with van der Waals surface area (Å²) in [5, 5.41) is 0. The lowest BCUT2D eigenvalue weighted by Crippen LogP contribution is -2.52. The maximum atomic E-state index is 12.2. The second-order valence-corrected chi connectivity index (χ2v) is 3.24. The molecule has 2 atom stereocenters. The van der Waals surface area contributed by atoms with E-state index in [0.717, 1.165) is 13.5 Å². The standard InChI is InChI=1S/C9H16F3NO3/c1-3-4-5-16-8(14)6(15-2)7(13)9(10,11)12/h6-7H,3-5,13H2,1-2H3/t6-,7-/m1/s1. The van der Waals surface area contributed by atoms with Crippen LogP contribution in [0.3, 0.4) is 0 Å². The number of hydrogen-bond acceptors (Lipinski definition) is 4. The molecular weight excluding hydrogens is 227 g/mol. The highest BCUT2D eigenvalue weighted by molar-refractivity contribution is 5.75. The van der Waals surface area contributed by atoms with E-state index in [9.17, 15) is 18.0 Å². The van der Waals surface area contributed by atoms with E-state index in [1.807, 2.05) is 6.92 Å². The van der Waals surface area contributed by atoms with Crippen molar-refractivity contribution in [3.8, 4) is 0 Å².